The van der Waals surface area contributed by atoms with Crippen molar-refractivity contribution in [2.75, 3.05) is 6.54 Å². The summed E-state index contributed by atoms with van der Waals surface area (Å²) in [5.41, 5.74) is 5.91. The molecule has 1 aromatic rings. The Labute approximate surface area is 90.6 Å². The first-order valence-electron chi connectivity index (χ1n) is 4.63. The van der Waals surface area contributed by atoms with Crippen molar-refractivity contribution in [1.82, 2.24) is 0 Å². The van der Waals surface area contributed by atoms with Gasteiger partial charge >= 0.3 is 6.36 Å². The van der Waals surface area contributed by atoms with Gasteiger partial charge in [-0.1, -0.05) is 12.1 Å². The predicted molar refractivity (Wildman–Crippen MR) is 51.9 cm³/mol. The van der Waals surface area contributed by atoms with Crippen LogP contribution in [0.3, 0.4) is 0 Å². The van der Waals surface area contributed by atoms with Crippen molar-refractivity contribution in [3.63, 3.8) is 0 Å². The molecule has 0 fully saturated rings. The molecule has 0 amide bonds. The molecule has 3 nitrogen and oxygen atoms in total. The molecule has 0 spiro atoms. The summed E-state index contributed by atoms with van der Waals surface area (Å²) in [7, 11) is 0. The van der Waals surface area contributed by atoms with Crippen LogP contribution in [0.2, 0.25) is 0 Å². The van der Waals surface area contributed by atoms with Gasteiger partial charge in [-0.2, -0.15) is 0 Å². The van der Waals surface area contributed by atoms with Crippen LogP contribution < -0.4 is 10.5 Å². The third-order valence-electron chi connectivity index (χ3n) is 1.90. The summed E-state index contributed by atoms with van der Waals surface area (Å²) in [4.78, 5) is 0. The number of aliphatic hydroxyl groups excluding tert-OH is 1. The number of hydrogen-bond donors (Lipinski definition) is 2. The van der Waals surface area contributed by atoms with Crippen LogP contribution in [0.5, 0.6) is 5.75 Å². The van der Waals surface area contributed by atoms with E-state index in [1.165, 1.54) is 24.3 Å². The van der Waals surface area contributed by atoms with E-state index in [-0.39, 0.29) is 12.3 Å². The minimum atomic E-state index is -4.68. The maximum Gasteiger partial charge on any atom is 0.573 e. The van der Waals surface area contributed by atoms with Crippen molar-refractivity contribution >= 4 is 0 Å². The Balaban J connectivity index is 2.61. The van der Waals surface area contributed by atoms with Crippen LogP contribution in [0, 0.1) is 0 Å². The standard InChI is InChI=1S/C10H12F3NO2/c11-10(12,13)16-9-3-1-7(2-4-9)5-8(15)6-14/h1-4,8,15H,5-6,14H2. The van der Waals surface area contributed by atoms with Gasteiger partial charge in [0.15, 0.2) is 0 Å². The molecule has 0 bridgehead atoms. The van der Waals surface area contributed by atoms with Crippen LogP contribution in [-0.2, 0) is 6.42 Å². The molecule has 0 heterocycles. The van der Waals surface area contributed by atoms with Crippen molar-refractivity contribution in [2.45, 2.75) is 18.9 Å². The molecule has 1 atom stereocenters. The number of ether oxygens (including phenoxy) is 1. The van der Waals surface area contributed by atoms with E-state index in [4.69, 9.17) is 5.73 Å². The van der Waals surface area contributed by atoms with Gasteiger partial charge in [0.1, 0.15) is 5.75 Å². The SMILES string of the molecule is NCC(O)Cc1ccc(OC(F)(F)F)cc1. The summed E-state index contributed by atoms with van der Waals surface area (Å²) >= 11 is 0. The summed E-state index contributed by atoms with van der Waals surface area (Å²) in [6.07, 6.45) is -5.06. The monoisotopic (exact) mass is 235 g/mol. The van der Waals surface area contributed by atoms with Gasteiger partial charge in [0.05, 0.1) is 6.10 Å². The fraction of sp³-hybridized carbons (Fsp3) is 0.400. The Hall–Kier alpha value is -1.27. The topological polar surface area (TPSA) is 55.5 Å². The van der Waals surface area contributed by atoms with E-state index in [9.17, 15) is 18.3 Å². The first-order chi connectivity index (χ1) is 7.40. The molecular formula is C10H12F3NO2. The highest BCUT2D eigenvalue weighted by atomic mass is 19.4. The van der Waals surface area contributed by atoms with Crippen molar-refractivity contribution < 1.29 is 23.0 Å². The molecule has 0 aliphatic carbocycles. The summed E-state index contributed by atoms with van der Waals surface area (Å²) in [5, 5.41) is 9.23. The number of rotatable bonds is 4. The van der Waals surface area contributed by atoms with Crippen molar-refractivity contribution in [3.05, 3.63) is 29.8 Å². The van der Waals surface area contributed by atoms with Crippen LogP contribution in [0.1, 0.15) is 5.56 Å². The maximum absolute atomic E-state index is 11.8. The van der Waals surface area contributed by atoms with E-state index in [2.05, 4.69) is 4.74 Å². The fourth-order valence-corrected chi connectivity index (χ4v) is 1.18. The largest absolute Gasteiger partial charge is 0.573 e. The van der Waals surface area contributed by atoms with E-state index in [1.54, 1.807) is 0 Å². The molecule has 0 radical (unpaired) electrons. The second kappa shape index (κ2) is 5.18. The number of nitrogens with two attached hydrogens (primary N) is 1. The van der Waals surface area contributed by atoms with Crippen LogP contribution in [0.4, 0.5) is 13.2 Å². The van der Waals surface area contributed by atoms with E-state index in [1.807, 2.05) is 0 Å². The molecule has 0 aromatic heterocycles. The molecule has 0 aliphatic rings. The zero-order valence-corrected chi connectivity index (χ0v) is 8.37. The summed E-state index contributed by atoms with van der Waals surface area (Å²) in [6.45, 7) is 0.112. The average molecular weight is 235 g/mol. The second-order valence-electron chi connectivity index (χ2n) is 3.29. The third-order valence-corrected chi connectivity index (χ3v) is 1.90. The number of halogens is 3. The molecule has 16 heavy (non-hydrogen) atoms. The quantitative estimate of drug-likeness (QED) is 0.830. The van der Waals surface area contributed by atoms with Gasteiger partial charge in [0.25, 0.3) is 0 Å². The second-order valence-corrected chi connectivity index (χ2v) is 3.29. The van der Waals surface area contributed by atoms with E-state index in [0.717, 1.165) is 0 Å². The lowest BCUT2D eigenvalue weighted by atomic mass is 10.1. The minimum Gasteiger partial charge on any atom is -0.406 e. The lowest BCUT2D eigenvalue weighted by Crippen LogP contribution is -2.22. The number of benzene rings is 1. The Morgan fingerprint density at radius 3 is 2.25 bits per heavy atom. The normalized spacial score (nSPS) is 13.6. The first-order valence-corrected chi connectivity index (χ1v) is 4.63. The van der Waals surface area contributed by atoms with Crippen LogP contribution in [0.15, 0.2) is 24.3 Å². The highest BCUT2D eigenvalue weighted by Gasteiger charge is 2.30. The zero-order valence-electron chi connectivity index (χ0n) is 8.37. The van der Waals surface area contributed by atoms with Crippen molar-refractivity contribution in [3.8, 4) is 5.75 Å². The summed E-state index contributed by atoms with van der Waals surface area (Å²) in [6, 6.07) is 5.32. The van der Waals surface area contributed by atoms with Gasteiger partial charge in [0, 0.05) is 6.54 Å². The number of aliphatic hydroxyl groups is 1. The summed E-state index contributed by atoms with van der Waals surface area (Å²) in [5.74, 6) is -0.279. The average Bonchev–Trinajstić information content (AvgIpc) is 2.18. The first kappa shape index (κ1) is 12.8. The van der Waals surface area contributed by atoms with Gasteiger partial charge < -0.3 is 15.6 Å². The summed E-state index contributed by atoms with van der Waals surface area (Å²) < 4.78 is 39.2. The Bertz CT molecular complexity index is 324. The molecule has 1 aromatic carbocycles. The zero-order chi connectivity index (χ0) is 12.2. The lowest BCUT2D eigenvalue weighted by Gasteiger charge is -2.10. The van der Waals surface area contributed by atoms with E-state index >= 15 is 0 Å². The van der Waals surface area contributed by atoms with Crippen LogP contribution in [0.25, 0.3) is 0 Å². The fourth-order valence-electron chi connectivity index (χ4n) is 1.18. The predicted octanol–water partition coefficient (Wildman–Crippen LogP) is 1.45. The molecule has 0 saturated carbocycles. The van der Waals surface area contributed by atoms with Gasteiger partial charge in [-0.3, -0.25) is 0 Å². The van der Waals surface area contributed by atoms with Gasteiger partial charge in [-0.25, -0.2) is 0 Å². The maximum atomic E-state index is 11.8. The Morgan fingerprint density at radius 1 is 1.25 bits per heavy atom. The Morgan fingerprint density at radius 2 is 1.81 bits per heavy atom. The molecule has 6 heteroatoms. The van der Waals surface area contributed by atoms with Gasteiger partial charge in [-0.15, -0.1) is 13.2 Å². The van der Waals surface area contributed by atoms with Crippen molar-refractivity contribution in [1.29, 1.82) is 0 Å². The molecular weight excluding hydrogens is 223 g/mol. The molecule has 90 valence electrons. The van der Waals surface area contributed by atoms with E-state index in [0.29, 0.717) is 12.0 Å². The molecule has 0 saturated heterocycles. The van der Waals surface area contributed by atoms with Gasteiger partial charge in [0.2, 0.25) is 0 Å². The lowest BCUT2D eigenvalue weighted by molar-refractivity contribution is -0.274. The highest BCUT2D eigenvalue weighted by molar-refractivity contribution is 5.27. The van der Waals surface area contributed by atoms with Crippen LogP contribution >= 0.6 is 0 Å². The third kappa shape index (κ3) is 4.50. The van der Waals surface area contributed by atoms with Gasteiger partial charge in [-0.05, 0) is 24.1 Å². The molecule has 1 rings (SSSR count). The smallest absolute Gasteiger partial charge is 0.406 e. The molecule has 3 N–H and O–H groups in total. The minimum absolute atomic E-state index is 0.112. The molecule has 1 unspecified atom stereocenters. The Kier molecular flexibility index (Phi) is 4.14. The number of alkyl halides is 3. The molecule has 0 aliphatic heterocycles. The number of hydrogen-bond acceptors (Lipinski definition) is 3. The highest BCUT2D eigenvalue weighted by Crippen LogP contribution is 2.22. The van der Waals surface area contributed by atoms with Crippen LogP contribution in [-0.4, -0.2) is 24.1 Å². The van der Waals surface area contributed by atoms with Crippen molar-refractivity contribution in [2.24, 2.45) is 5.73 Å². The van der Waals surface area contributed by atoms with E-state index < -0.39 is 12.5 Å².